The maximum Gasteiger partial charge on any atom is 0.138 e. The SMILES string of the molecule is COCn1cc(NC2CCOCC2)cn1. The fourth-order valence-electron chi connectivity index (χ4n) is 1.72. The summed E-state index contributed by atoms with van der Waals surface area (Å²) in [6.45, 7) is 2.20. The highest BCUT2D eigenvalue weighted by molar-refractivity contribution is 5.39. The molecule has 0 atom stereocenters. The number of rotatable bonds is 4. The van der Waals surface area contributed by atoms with E-state index in [9.17, 15) is 0 Å². The largest absolute Gasteiger partial charge is 0.381 e. The molecule has 1 aromatic rings. The molecule has 0 radical (unpaired) electrons. The molecule has 0 spiro atoms. The topological polar surface area (TPSA) is 48.3 Å². The van der Waals surface area contributed by atoms with E-state index in [4.69, 9.17) is 9.47 Å². The average Bonchev–Trinajstić information content (AvgIpc) is 2.68. The van der Waals surface area contributed by atoms with Gasteiger partial charge in [-0.1, -0.05) is 0 Å². The summed E-state index contributed by atoms with van der Waals surface area (Å²) in [4.78, 5) is 0. The summed E-state index contributed by atoms with van der Waals surface area (Å²) >= 11 is 0. The lowest BCUT2D eigenvalue weighted by atomic mass is 10.1. The molecule has 1 aromatic heterocycles. The molecule has 0 amide bonds. The van der Waals surface area contributed by atoms with Crippen LogP contribution in [0.25, 0.3) is 0 Å². The van der Waals surface area contributed by atoms with Gasteiger partial charge >= 0.3 is 0 Å². The minimum Gasteiger partial charge on any atom is -0.381 e. The molecule has 15 heavy (non-hydrogen) atoms. The predicted molar refractivity (Wildman–Crippen MR) is 56.7 cm³/mol. The van der Waals surface area contributed by atoms with E-state index in [1.165, 1.54) is 0 Å². The van der Waals surface area contributed by atoms with Crippen LogP contribution in [0.4, 0.5) is 5.69 Å². The van der Waals surface area contributed by atoms with E-state index >= 15 is 0 Å². The molecular formula is C10H17N3O2. The average molecular weight is 211 g/mol. The van der Waals surface area contributed by atoms with Gasteiger partial charge in [0.1, 0.15) is 6.73 Å². The van der Waals surface area contributed by atoms with Gasteiger partial charge in [0, 0.05) is 26.4 Å². The normalized spacial score (nSPS) is 17.9. The van der Waals surface area contributed by atoms with Crippen LogP contribution in [-0.2, 0) is 16.2 Å². The Morgan fingerprint density at radius 1 is 1.60 bits per heavy atom. The molecular weight excluding hydrogens is 194 g/mol. The quantitative estimate of drug-likeness (QED) is 0.809. The smallest absolute Gasteiger partial charge is 0.138 e. The zero-order chi connectivity index (χ0) is 10.5. The first-order valence-corrected chi connectivity index (χ1v) is 5.24. The van der Waals surface area contributed by atoms with E-state index in [2.05, 4.69) is 10.4 Å². The van der Waals surface area contributed by atoms with Crippen LogP contribution in [0.1, 0.15) is 12.8 Å². The Balaban J connectivity index is 1.86. The van der Waals surface area contributed by atoms with Crippen LogP contribution in [0.15, 0.2) is 12.4 Å². The van der Waals surface area contributed by atoms with Crippen molar-refractivity contribution in [2.75, 3.05) is 25.6 Å². The Labute approximate surface area is 89.4 Å². The van der Waals surface area contributed by atoms with E-state index < -0.39 is 0 Å². The minimum absolute atomic E-state index is 0.495. The maximum atomic E-state index is 5.30. The third-order valence-corrected chi connectivity index (χ3v) is 2.49. The molecule has 1 fully saturated rings. The monoisotopic (exact) mass is 211 g/mol. The fourth-order valence-corrected chi connectivity index (χ4v) is 1.72. The molecule has 0 bridgehead atoms. The maximum absolute atomic E-state index is 5.30. The number of ether oxygens (including phenoxy) is 2. The lowest BCUT2D eigenvalue weighted by molar-refractivity contribution is 0.0904. The molecule has 5 heteroatoms. The summed E-state index contributed by atoms with van der Waals surface area (Å²) in [5.74, 6) is 0. The number of hydrogen-bond donors (Lipinski definition) is 1. The van der Waals surface area contributed by atoms with Gasteiger partial charge in [-0.15, -0.1) is 0 Å². The second-order valence-electron chi connectivity index (χ2n) is 3.72. The van der Waals surface area contributed by atoms with Crippen LogP contribution in [-0.4, -0.2) is 36.1 Å². The van der Waals surface area contributed by atoms with Crippen LogP contribution < -0.4 is 5.32 Å². The van der Waals surface area contributed by atoms with Crippen molar-refractivity contribution < 1.29 is 9.47 Å². The molecule has 0 aliphatic carbocycles. The third kappa shape index (κ3) is 2.94. The summed E-state index contributed by atoms with van der Waals surface area (Å²) in [7, 11) is 1.66. The molecule has 0 saturated carbocycles. The fraction of sp³-hybridized carbons (Fsp3) is 0.700. The number of nitrogens with one attached hydrogen (secondary N) is 1. The lowest BCUT2D eigenvalue weighted by Crippen LogP contribution is -2.27. The van der Waals surface area contributed by atoms with E-state index in [0.29, 0.717) is 12.8 Å². The van der Waals surface area contributed by atoms with E-state index in [1.807, 2.05) is 12.4 Å². The predicted octanol–water partition coefficient (Wildman–Crippen LogP) is 1.08. The number of anilines is 1. The summed E-state index contributed by atoms with van der Waals surface area (Å²) in [5.41, 5.74) is 1.05. The molecule has 2 heterocycles. The number of hydrogen-bond acceptors (Lipinski definition) is 4. The van der Waals surface area contributed by atoms with Gasteiger partial charge in [-0.25, -0.2) is 4.68 Å². The van der Waals surface area contributed by atoms with E-state index in [-0.39, 0.29) is 0 Å². The zero-order valence-corrected chi connectivity index (χ0v) is 8.98. The minimum atomic E-state index is 0.495. The van der Waals surface area contributed by atoms with E-state index in [1.54, 1.807) is 11.8 Å². The number of methoxy groups -OCH3 is 1. The standard InChI is InChI=1S/C10H17N3O2/c1-14-8-13-7-10(6-11-13)12-9-2-4-15-5-3-9/h6-7,9,12H,2-5,8H2,1H3. The van der Waals surface area contributed by atoms with Gasteiger partial charge in [-0.05, 0) is 12.8 Å². The molecule has 1 aliphatic heterocycles. The van der Waals surface area contributed by atoms with E-state index in [0.717, 1.165) is 31.7 Å². The summed E-state index contributed by atoms with van der Waals surface area (Å²) in [6, 6.07) is 0.513. The highest BCUT2D eigenvalue weighted by atomic mass is 16.5. The Morgan fingerprint density at radius 2 is 2.40 bits per heavy atom. The van der Waals surface area contributed by atoms with Crippen molar-refractivity contribution in [3.63, 3.8) is 0 Å². The van der Waals surface area contributed by atoms with Crippen LogP contribution in [0.2, 0.25) is 0 Å². The van der Waals surface area contributed by atoms with Gasteiger partial charge in [0.15, 0.2) is 0 Å². The van der Waals surface area contributed by atoms with Crippen molar-refractivity contribution in [3.05, 3.63) is 12.4 Å². The zero-order valence-electron chi connectivity index (χ0n) is 8.98. The molecule has 1 N–H and O–H groups in total. The summed E-state index contributed by atoms with van der Waals surface area (Å²) in [5, 5.41) is 7.61. The van der Waals surface area contributed by atoms with Gasteiger partial charge in [0.25, 0.3) is 0 Å². The lowest BCUT2D eigenvalue weighted by Gasteiger charge is -2.23. The summed E-state index contributed by atoms with van der Waals surface area (Å²) in [6.07, 6.45) is 5.92. The van der Waals surface area contributed by atoms with Gasteiger partial charge in [-0.3, -0.25) is 0 Å². The molecule has 1 aliphatic rings. The van der Waals surface area contributed by atoms with Crippen molar-refractivity contribution in [2.45, 2.75) is 25.6 Å². The first-order chi connectivity index (χ1) is 7.38. The van der Waals surface area contributed by atoms with Crippen molar-refractivity contribution >= 4 is 5.69 Å². The van der Waals surface area contributed by atoms with Crippen molar-refractivity contribution in [1.82, 2.24) is 9.78 Å². The number of aromatic nitrogens is 2. The first kappa shape index (κ1) is 10.4. The molecule has 84 valence electrons. The Hall–Kier alpha value is -1.07. The first-order valence-electron chi connectivity index (χ1n) is 5.24. The molecule has 5 nitrogen and oxygen atoms in total. The van der Waals surface area contributed by atoms with Gasteiger partial charge in [0.05, 0.1) is 18.1 Å². The van der Waals surface area contributed by atoms with Gasteiger partial charge < -0.3 is 14.8 Å². The van der Waals surface area contributed by atoms with Gasteiger partial charge in [-0.2, -0.15) is 5.10 Å². The Morgan fingerprint density at radius 3 is 3.13 bits per heavy atom. The van der Waals surface area contributed by atoms with Crippen molar-refractivity contribution in [1.29, 1.82) is 0 Å². The van der Waals surface area contributed by atoms with Crippen molar-refractivity contribution in [3.8, 4) is 0 Å². The summed E-state index contributed by atoms with van der Waals surface area (Å²) < 4.78 is 12.0. The van der Waals surface area contributed by atoms with Crippen LogP contribution >= 0.6 is 0 Å². The molecule has 1 saturated heterocycles. The van der Waals surface area contributed by atoms with Crippen LogP contribution in [0.3, 0.4) is 0 Å². The highest BCUT2D eigenvalue weighted by Gasteiger charge is 2.13. The Bertz CT molecular complexity index is 295. The Kier molecular flexibility index (Phi) is 3.58. The van der Waals surface area contributed by atoms with Crippen LogP contribution in [0.5, 0.6) is 0 Å². The second kappa shape index (κ2) is 5.14. The molecule has 0 unspecified atom stereocenters. The third-order valence-electron chi connectivity index (χ3n) is 2.49. The van der Waals surface area contributed by atoms with Crippen molar-refractivity contribution in [2.24, 2.45) is 0 Å². The molecule has 0 aromatic carbocycles. The van der Waals surface area contributed by atoms with Crippen LogP contribution in [0, 0.1) is 0 Å². The molecule has 2 rings (SSSR count). The second-order valence-corrected chi connectivity index (χ2v) is 3.72. The highest BCUT2D eigenvalue weighted by Crippen LogP contribution is 2.14. The number of nitrogens with zero attached hydrogens (tertiary/aromatic N) is 2. The van der Waals surface area contributed by atoms with Gasteiger partial charge in [0.2, 0.25) is 0 Å².